The van der Waals surface area contributed by atoms with Crippen LogP contribution in [0, 0.1) is 11.8 Å². The van der Waals surface area contributed by atoms with Gasteiger partial charge in [0.1, 0.15) is 0 Å². The molecule has 0 saturated heterocycles. The van der Waals surface area contributed by atoms with Crippen molar-refractivity contribution in [3.05, 3.63) is 0 Å². The lowest BCUT2D eigenvalue weighted by atomic mass is 10.3. The van der Waals surface area contributed by atoms with Crippen molar-refractivity contribution in [2.75, 3.05) is 37.9 Å². The Bertz CT molecular complexity index is 380. The van der Waals surface area contributed by atoms with Gasteiger partial charge in [0.25, 0.3) is 0 Å². The lowest BCUT2D eigenvalue weighted by Gasteiger charge is -2.31. The first kappa shape index (κ1) is 26.8. The zero-order chi connectivity index (χ0) is 20.2. The molecule has 26 heavy (non-hydrogen) atoms. The molecular formula is C18H42O4S2Si2. The summed E-state index contributed by atoms with van der Waals surface area (Å²) in [5, 5.41) is 0. The van der Waals surface area contributed by atoms with Gasteiger partial charge in [0.05, 0.1) is 0 Å². The average molecular weight is 443 g/mol. The zero-order valence-corrected chi connectivity index (χ0v) is 21.9. The van der Waals surface area contributed by atoms with Crippen molar-refractivity contribution in [1.29, 1.82) is 0 Å². The Morgan fingerprint density at radius 1 is 0.731 bits per heavy atom. The Balaban J connectivity index is 4.62. The highest BCUT2D eigenvalue weighted by atomic mass is 32.8. The molecule has 0 aliphatic rings. The molecule has 0 heterocycles. The molecule has 3 atom stereocenters. The topological polar surface area (TPSA) is 36.9 Å². The van der Waals surface area contributed by atoms with Gasteiger partial charge in [-0.25, -0.2) is 0 Å². The third-order valence-corrected chi connectivity index (χ3v) is 12.8. The predicted octanol–water partition coefficient (Wildman–Crippen LogP) is 4.63. The van der Waals surface area contributed by atoms with Crippen LogP contribution in [0.2, 0.25) is 25.2 Å². The molecule has 0 spiro atoms. The third-order valence-electron chi connectivity index (χ3n) is 4.01. The van der Waals surface area contributed by atoms with Crippen LogP contribution < -0.4 is 0 Å². The van der Waals surface area contributed by atoms with Crippen molar-refractivity contribution < 1.29 is 17.7 Å². The fraction of sp³-hybridized carbons (Fsp3) is 1.00. The summed E-state index contributed by atoms with van der Waals surface area (Å²) in [4.78, 5) is 0. The van der Waals surface area contributed by atoms with E-state index in [4.69, 9.17) is 28.9 Å². The third kappa shape index (κ3) is 11.6. The molecule has 0 radical (unpaired) electrons. The summed E-state index contributed by atoms with van der Waals surface area (Å²) < 4.78 is 23.9. The summed E-state index contributed by atoms with van der Waals surface area (Å²) in [6.07, 6.45) is 0. The molecule has 0 aromatic rings. The molecule has 0 N–H and O–H groups in total. The van der Waals surface area contributed by atoms with Crippen LogP contribution in [-0.4, -0.2) is 55.1 Å². The van der Waals surface area contributed by atoms with Gasteiger partial charge in [0.15, 0.2) is 8.32 Å². The summed E-state index contributed by atoms with van der Waals surface area (Å²) in [5.74, 6) is 3.23. The summed E-state index contributed by atoms with van der Waals surface area (Å²) in [5.41, 5.74) is 0. The molecule has 0 amide bonds. The molecule has 0 aliphatic heterocycles. The van der Waals surface area contributed by atoms with Crippen LogP contribution in [0.1, 0.15) is 41.5 Å². The van der Waals surface area contributed by atoms with E-state index in [1.807, 2.05) is 20.8 Å². The average Bonchev–Trinajstić information content (AvgIpc) is 2.46. The fourth-order valence-electron chi connectivity index (χ4n) is 3.50. The quantitative estimate of drug-likeness (QED) is 0.326. The van der Waals surface area contributed by atoms with Crippen molar-refractivity contribution in [2.24, 2.45) is 11.8 Å². The summed E-state index contributed by atoms with van der Waals surface area (Å²) in [6.45, 7) is 20.0. The van der Waals surface area contributed by atoms with Gasteiger partial charge in [-0.3, -0.25) is 0 Å². The molecule has 3 unspecified atom stereocenters. The minimum Gasteiger partial charge on any atom is -0.418 e. The van der Waals surface area contributed by atoms with Crippen LogP contribution in [0.25, 0.3) is 0 Å². The lowest BCUT2D eigenvalue weighted by molar-refractivity contribution is 0.0684. The first-order chi connectivity index (χ1) is 12.1. The van der Waals surface area contributed by atoms with Crippen molar-refractivity contribution in [3.8, 4) is 0 Å². The number of hydrogen-bond acceptors (Lipinski definition) is 5. The molecule has 0 bridgehead atoms. The monoisotopic (exact) mass is 442 g/mol. The van der Waals surface area contributed by atoms with Gasteiger partial charge in [0.2, 0.25) is 0 Å². The standard InChI is InChI=1S/C18H42O4S2Si2/c1-9-19-25(7,8)15-17(5)13-24(23)14-18(6)16-26(20-10-2,21-11-3)22-12-4/h17-18H,9-16H2,1-8H3. The Labute approximate surface area is 171 Å². The minimum absolute atomic E-state index is 0.00977. The van der Waals surface area contributed by atoms with E-state index in [1.165, 1.54) is 6.04 Å². The van der Waals surface area contributed by atoms with Crippen molar-refractivity contribution >= 4 is 37.8 Å². The van der Waals surface area contributed by atoms with Crippen molar-refractivity contribution in [1.82, 2.24) is 0 Å². The molecule has 0 aromatic carbocycles. The molecule has 8 heteroatoms. The fourth-order valence-corrected chi connectivity index (χ4v) is 12.6. The van der Waals surface area contributed by atoms with Crippen LogP contribution in [0.15, 0.2) is 0 Å². The van der Waals surface area contributed by atoms with E-state index in [0.29, 0.717) is 31.7 Å². The number of rotatable bonds is 16. The minimum atomic E-state index is -2.57. The first-order valence-electron chi connectivity index (χ1n) is 10.0. The molecule has 0 aliphatic carbocycles. The molecule has 0 aromatic heterocycles. The van der Waals surface area contributed by atoms with Gasteiger partial charge in [-0.05, 0) is 58.7 Å². The second kappa shape index (κ2) is 13.9. The second-order valence-electron chi connectivity index (χ2n) is 7.57. The maximum Gasteiger partial charge on any atom is 0.501 e. The van der Waals surface area contributed by atoms with Gasteiger partial charge < -0.3 is 17.7 Å². The van der Waals surface area contributed by atoms with Crippen LogP contribution in [0.5, 0.6) is 0 Å². The van der Waals surface area contributed by atoms with E-state index in [9.17, 15) is 0 Å². The van der Waals surface area contributed by atoms with Crippen LogP contribution in [0.3, 0.4) is 0 Å². The largest absolute Gasteiger partial charge is 0.501 e. The highest BCUT2D eigenvalue weighted by Crippen LogP contribution is 2.24. The van der Waals surface area contributed by atoms with Crippen molar-refractivity contribution in [3.63, 3.8) is 0 Å². The van der Waals surface area contributed by atoms with Crippen molar-refractivity contribution in [2.45, 2.75) is 66.7 Å². The van der Waals surface area contributed by atoms with Gasteiger partial charge >= 0.3 is 8.80 Å². The highest BCUT2D eigenvalue weighted by molar-refractivity contribution is 8.28. The molecule has 0 saturated carbocycles. The van der Waals surface area contributed by atoms with E-state index in [-0.39, 0.29) is 9.45 Å². The van der Waals surface area contributed by atoms with Gasteiger partial charge in [-0.15, -0.1) is 9.45 Å². The van der Waals surface area contributed by atoms with E-state index < -0.39 is 17.1 Å². The van der Waals surface area contributed by atoms with E-state index >= 15 is 0 Å². The smallest absolute Gasteiger partial charge is 0.418 e. The lowest BCUT2D eigenvalue weighted by Crippen LogP contribution is -2.47. The predicted molar refractivity (Wildman–Crippen MR) is 122 cm³/mol. The zero-order valence-electron chi connectivity index (χ0n) is 18.3. The van der Waals surface area contributed by atoms with Crippen LogP contribution in [-0.2, 0) is 38.3 Å². The first-order valence-corrected chi connectivity index (χ1v) is 17.6. The molecular weight excluding hydrogens is 401 g/mol. The highest BCUT2D eigenvalue weighted by Gasteiger charge is 2.41. The Morgan fingerprint density at radius 3 is 1.50 bits per heavy atom. The Morgan fingerprint density at radius 2 is 1.12 bits per heavy atom. The normalized spacial score (nSPS) is 16.5. The molecule has 158 valence electrons. The van der Waals surface area contributed by atoms with E-state index in [0.717, 1.165) is 24.2 Å². The summed E-state index contributed by atoms with van der Waals surface area (Å²) in [6, 6.07) is 2.04. The van der Waals surface area contributed by atoms with Gasteiger partial charge in [0, 0.05) is 44.0 Å². The molecule has 0 rings (SSSR count). The van der Waals surface area contributed by atoms with Crippen LogP contribution in [0.4, 0.5) is 0 Å². The summed E-state index contributed by atoms with van der Waals surface area (Å²) >= 11 is 5.82. The maximum absolute atomic E-state index is 5.99. The maximum atomic E-state index is 5.99. The number of hydrogen-bond donors (Lipinski definition) is 0. The van der Waals surface area contributed by atoms with Gasteiger partial charge in [-0.1, -0.05) is 25.0 Å². The van der Waals surface area contributed by atoms with Crippen LogP contribution >= 0.6 is 0 Å². The second-order valence-corrected chi connectivity index (χ2v) is 17.4. The molecule has 0 fully saturated rings. The van der Waals surface area contributed by atoms with E-state index in [1.54, 1.807) is 0 Å². The Kier molecular flexibility index (Phi) is 14.4. The SMILES string of the molecule is CCO[Si](C)(C)CC(C)CS(=S)CC(C)C[Si](OCC)(OCC)OCC. The molecule has 4 nitrogen and oxygen atoms in total. The van der Waals surface area contributed by atoms with Gasteiger partial charge in [-0.2, -0.15) is 0 Å². The Hall–Kier alpha value is 0.844. The van der Waals surface area contributed by atoms with E-state index in [2.05, 4.69) is 33.9 Å². The summed E-state index contributed by atoms with van der Waals surface area (Å²) in [7, 11) is -4.12.